The van der Waals surface area contributed by atoms with Gasteiger partial charge in [0.15, 0.2) is 0 Å². The average Bonchev–Trinajstić information content (AvgIpc) is 3.53. The first-order chi connectivity index (χ1) is 16.1. The zero-order chi connectivity index (χ0) is 22.9. The Balaban J connectivity index is 1.54. The minimum Gasteiger partial charge on any atom is -0.396 e. The second kappa shape index (κ2) is 9.23. The molecule has 2 aromatic heterocycles. The van der Waals surface area contributed by atoms with Crippen LogP contribution in [0.4, 0.5) is 0 Å². The zero-order valence-electron chi connectivity index (χ0n) is 19.1. The fourth-order valence-electron chi connectivity index (χ4n) is 6.16. The van der Waals surface area contributed by atoms with E-state index < -0.39 is 6.04 Å². The summed E-state index contributed by atoms with van der Waals surface area (Å²) in [6.07, 6.45) is 11.6. The number of rotatable bonds is 6. The van der Waals surface area contributed by atoms with Gasteiger partial charge in [0, 0.05) is 61.2 Å². The molecule has 2 aromatic rings. The summed E-state index contributed by atoms with van der Waals surface area (Å²) in [5.41, 5.74) is 2.65. The van der Waals surface area contributed by atoms with Crippen LogP contribution in [0.25, 0.3) is 6.08 Å². The van der Waals surface area contributed by atoms with E-state index in [4.69, 9.17) is 0 Å². The molecule has 3 aliphatic rings. The standard InChI is InChI=1S/C26H32N4O3/c1-2-5-18-8-9-22-23-20(15-29(22)26(18)33)21(16-31)24(25(32)28-19-6-3-4-7-19)30(23)14-17-10-12-27-13-11-17/h2,5,8-13,19-21,23-24,31H,3-4,6-7,14-16H2,1H3,(H,28,32)/b5-2-/t20-,21-,23+,24-/m0/s1. The number of nitrogens with zero attached hydrogens (tertiary/aromatic N) is 3. The van der Waals surface area contributed by atoms with E-state index in [1.165, 1.54) is 0 Å². The molecule has 0 aromatic carbocycles. The number of carbonyl (C=O) groups excluding carboxylic acids is 1. The average molecular weight is 449 g/mol. The van der Waals surface area contributed by atoms with Gasteiger partial charge in [0.25, 0.3) is 5.56 Å². The third kappa shape index (κ3) is 3.93. The Morgan fingerprint density at radius 2 is 1.97 bits per heavy atom. The summed E-state index contributed by atoms with van der Waals surface area (Å²) in [6, 6.07) is 7.51. The molecule has 5 rings (SSSR count). The van der Waals surface area contributed by atoms with Crippen LogP contribution in [0, 0.1) is 11.8 Å². The Labute approximate surface area is 194 Å². The predicted octanol–water partition coefficient (Wildman–Crippen LogP) is 2.50. The number of hydrogen-bond donors (Lipinski definition) is 2. The van der Waals surface area contributed by atoms with Crippen molar-refractivity contribution in [2.45, 2.75) is 63.8 Å². The molecule has 1 amide bonds. The molecular formula is C26H32N4O3. The summed E-state index contributed by atoms with van der Waals surface area (Å²) in [4.78, 5) is 33.0. The SMILES string of the molecule is C/C=C\c1ccc2n(c1=O)C[C@H]1[C@H](CO)[C@@H](C(=O)NC3CCCC3)N(Cc3ccncc3)[C@@H]21. The second-order valence-electron chi connectivity index (χ2n) is 9.55. The van der Waals surface area contributed by atoms with Gasteiger partial charge in [-0.1, -0.05) is 25.0 Å². The highest BCUT2D eigenvalue weighted by atomic mass is 16.3. The molecule has 2 N–H and O–H groups in total. The number of nitrogens with one attached hydrogen (secondary N) is 1. The molecule has 2 fully saturated rings. The highest BCUT2D eigenvalue weighted by Gasteiger charge is 2.55. The van der Waals surface area contributed by atoms with Crippen molar-refractivity contribution in [3.63, 3.8) is 0 Å². The number of amides is 1. The summed E-state index contributed by atoms with van der Waals surface area (Å²) in [6.45, 7) is 2.91. The number of aliphatic hydroxyl groups excluding tert-OH is 1. The van der Waals surface area contributed by atoms with Crippen molar-refractivity contribution in [2.75, 3.05) is 6.61 Å². The highest BCUT2D eigenvalue weighted by molar-refractivity contribution is 5.83. The summed E-state index contributed by atoms with van der Waals surface area (Å²) in [5, 5.41) is 13.7. The minimum absolute atomic E-state index is 0.00356. The lowest BCUT2D eigenvalue weighted by molar-refractivity contribution is -0.128. The van der Waals surface area contributed by atoms with E-state index in [2.05, 4.69) is 15.2 Å². The van der Waals surface area contributed by atoms with Gasteiger partial charge in [-0.2, -0.15) is 0 Å². The molecule has 174 valence electrons. The van der Waals surface area contributed by atoms with Crippen LogP contribution in [0.2, 0.25) is 0 Å². The monoisotopic (exact) mass is 448 g/mol. The molecule has 0 bridgehead atoms. The topological polar surface area (TPSA) is 87.5 Å². The van der Waals surface area contributed by atoms with Crippen molar-refractivity contribution in [1.82, 2.24) is 19.8 Å². The molecule has 7 nitrogen and oxygen atoms in total. The van der Waals surface area contributed by atoms with Gasteiger partial charge in [-0.25, -0.2) is 0 Å². The van der Waals surface area contributed by atoms with Gasteiger partial charge in [-0.05, 0) is 49.6 Å². The molecule has 4 heterocycles. The van der Waals surface area contributed by atoms with Gasteiger partial charge < -0.3 is 15.0 Å². The Hall–Kier alpha value is -2.77. The maximum absolute atomic E-state index is 13.6. The molecule has 1 saturated heterocycles. The molecule has 7 heteroatoms. The van der Waals surface area contributed by atoms with E-state index in [0.29, 0.717) is 18.7 Å². The van der Waals surface area contributed by atoms with Crippen molar-refractivity contribution < 1.29 is 9.90 Å². The first kappa shape index (κ1) is 22.0. The van der Waals surface area contributed by atoms with Crippen molar-refractivity contribution in [3.8, 4) is 0 Å². The number of aliphatic hydroxyl groups is 1. The maximum Gasteiger partial charge on any atom is 0.258 e. The van der Waals surface area contributed by atoms with Gasteiger partial charge in [-0.3, -0.25) is 19.5 Å². The molecular weight excluding hydrogens is 416 g/mol. The number of aromatic nitrogens is 2. The van der Waals surface area contributed by atoms with Crippen LogP contribution < -0.4 is 10.9 Å². The Morgan fingerprint density at radius 3 is 2.67 bits per heavy atom. The van der Waals surface area contributed by atoms with Crippen molar-refractivity contribution in [1.29, 1.82) is 0 Å². The van der Waals surface area contributed by atoms with Crippen LogP contribution in [0.1, 0.15) is 55.5 Å². The van der Waals surface area contributed by atoms with Gasteiger partial charge in [-0.15, -0.1) is 0 Å². The van der Waals surface area contributed by atoms with Crippen molar-refractivity contribution in [2.24, 2.45) is 11.8 Å². The molecule has 4 atom stereocenters. The predicted molar refractivity (Wildman–Crippen MR) is 126 cm³/mol. The third-order valence-corrected chi connectivity index (χ3v) is 7.65. The van der Waals surface area contributed by atoms with Crippen LogP contribution in [0.5, 0.6) is 0 Å². The number of likely N-dealkylation sites (tertiary alicyclic amines) is 1. The summed E-state index contributed by atoms with van der Waals surface area (Å²) in [7, 11) is 0. The summed E-state index contributed by atoms with van der Waals surface area (Å²) in [5.74, 6) is -0.226. The quantitative estimate of drug-likeness (QED) is 0.709. The smallest absolute Gasteiger partial charge is 0.258 e. The van der Waals surface area contributed by atoms with E-state index >= 15 is 0 Å². The van der Waals surface area contributed by atoms with E-state index in [1.54, 1.807) is 12.4 Å². The normalized spacial score (nSPS) is 27.2. The molecule has 1 saturated carbocycles. The summed E-state index contributed by atoms with van der Waals surface area (Å²) >= 11 is 0. The Kier molecular flexibility index (Phi) is 6.17. The van der Waals surface area contributed by atoms with E-state index in [1.807, 2.05) is 47.9 Å². The first-order valence-corrected chi connectivity index (χ1v) is 12.0. The first-order valence-electron chi connectivity index (χ1n) is 12.0. The maximum atomic E-state index is 13.6. The van der Waals surface area contributed by atoms with Crippen molar-refractivity contribution >= 4 is 12.0 Å². The highest BCUT2D eigenvalue weighted by Crippen LogP contribution is 2.49. The lowest BCUT2D eigenvalue weighted by Gasteiger charge is -2.31. The molecule has 33 heavy (non-hydrogen) atoms. The van der Waals surface area contributed by atoms with Crippen LogP contribution in [-0.4, -0.2) is 44.2 Å². The van der Waals surface area contributed by atoms with Crippen molar-refractivity contribution in [3.05, 3.63) is 69.9 Å². The van der Waals surface area contributed by atoms with Crippen LogP contribution in [-0.2, 0) is 17.9 Å². The number of allylic oxidation sites excluding steroid dienone is 1. The lowest BCUT2D eigenvalue weighted by Crippen LogP contribution is -2.50. The van der Waals surface area contributed by atoms with E-state index in [0.717, 1.165) is 36.9 Å². The van der Waals surface area contributed by atoms with Gasteiger partial charge in [0.2, 0.25) is 5.91 Å². The molecule has 0 spiro atoms. The fraction of sp³-hybridized carbons (Fsp3) is 0.500. The van der Waals surface area contributed by atoms with E-state index in [-0.39, 0.29) is 42.0 Å². The number of fused-ring (bicyclic) bond motifs is 3. The zero-order valence-corrected chi connectivity index (χ0v) is 19.1. The second-order valence-corrected chi connectivity index (χ2v) is 9.55. The van der Waals surface area contributed by atoms with Gasteiger partial charge in [0.05, 0.1) is 12.1 Å². The van der Waals surface area contributed by atoms with Crippen LogP contribution in [0.15, 0.2) is 47.5 Å². The van der Waals surface area contributed by atoms with Crippen LogP contribution in [0.3, 0.4) is 0 Å². The largest absolute Gasteiger partial charge is 0.396 e. The van der Waals surface area contributed by atoms with Crippen LogP contribution >= 0.6 is 0 Å². The van der Waals surface area contributed by atoms with Gasteiger partial charge >= 0.3 is 0 Å². The molecule has 0 radical (unpaired) electrons. The Morgan fingerprint density at radius 1 is 1.21 bits per heavy atom. The fourth-order valence-corrected chi connectivity index (χ4v) is 6.16. The Bertz CT molecular complexity index is 1090. The molecule has 1 aliphatic carbocycles. The molecule has 2 aliphatic heterocycles. The number of hydrogen-bond acceptors (Lipinski definition) is 5. The summed E-state index contributed by atoms with van der Waals surface area (Å²) < 4.78 is 1.85. The number of carbonyl (C=O) groups is 1. The van der Waals surface area contributed by atoms with E-state index in [9.17, 15) is 14.7 Å². The molecule has 0 unspecified atom stereocenters. The lowest BCUT2D eigenvalue weighted by atomic mass is 9.88. The third-order valence-electron chi connectivity index (χ3n) is 7.65. The number of pyridine rings is 2. The minimum atomic E-state index is -0.433. The van der Waals surface area contributed by atoms with Gasteiger partial charge in [0.1, 0.15) is 0 Å².